The molecular formula is C18H34N8O6S. The minimum atomic E-state index is -1.38. The van der Waals surface area contributed by atoms with Crippen LogP contribution >= 0.6 is 11.8 Å². The number of hydrogen-bond acceptors (Lipinski definition) is 8. The van der Waals surface area contributed by atoms with Gasteiger partial charge >= 0.3 is 5.97 Å². The van der Waals surface area contributed by atoms with Crippen molar-refractivity contribution in [2.24, 2.45) is 27.9 Å². The number of aliphatic imine (C=N–C) groups is 1. The lowest BCUT2D eigenvalue weighted by molar-refractivity contribution is -0.142. The molecule has 0 heterocycles. The van der Waals surface area contributed by atoms with Gasteiger partial charge in [0.05, 0.1) is 6.54 Å². The molecule has 15 heteroatoms. The van der Waals surface area contributed by atoms with Crippen LogP contribution in [0.2, 0.25) is 0 Å². The van der Waals surface area contributed by atoms with Crippen molar-refractivity contribution in [1.82, 2.24) is 16.0 Å². The van der Waals surface area contributed by atoms with Gasteiger partial charge < -0.3 is 44.0 Å². The smallest absolute Gasteiger partial charge is 0.326 e. The molecule has 4 amide bonds. The van der Waals surface area contributed by atoms with Crippen molar-refractivity contribution in [3.63, 3.8) is 0 Å². The molecule has 0 saturated carbocycles. The molecule has 0 aromatic rings. The molecule has 0 fully saturated rings. The van der Waals surface area contributed by atoms with Crippen LogP contribution in [0.1, 0.15) is 32.1 Å². The van der Waals surface area contributed by atoms with Crippen LogP contribution in [-0.2, 0) is 24.0 Å². The Morgan fingerprint density at radius 1 is 0.909 bits per heavy atom. The van der Waals surface area contributed by atoms with Crippen molar-refractivity contribution >= 4 is 47.3 Å². The second kappa shape index (κ2) is 16.5. The molecule has 0 aliphatic rings. The molecule has 3 atom stereocenters. The normalized spacial score (nSPS) is 13.2. The molecule has 0 radical (unpaired) electrons. The van der Waals surface area contributed by atoms with Crippen molar-refractivity contribution < 1.29 is 29.1 Å². The van der Waals surface area contributed by atoms with E-state index in [4.69, 9.17) is 22.9 Å². The SMILES string of the molecule is CSCCC(NC(=O)CN)C(=O)NC(CCCN=C(N)N)C(=O)NC(CCC(N)=O)C(=O)O. The lowest BCUT2D eigenvalue weighted by atomic mass is 10.1. The highest BCUT2D eigenvalue weighted by Gasteiger charge is 2.29. The number of aliphatic carboxylic acids is 1. The standard InChI is InChI=1S/C18H34N8O6S/c1-33-8-6-11(24-14(28)9-19)16(30)25-10(3-2-7-23-18(21)22)15(29)26-12(17(31)32)4-5-13(20)27/h10-12H,2-9,19H2,1H3,(H2,20,27)(H,24,28)(H,25,30)(H,26,29)(H,31,32)(H4,21,22,23). The number of thioether (sulfide) groups is 1. The number of rotatable bonds is 17. The summed E-state index contributed by atoms with van der Waals surface area (Å²) in [5.41, 5.74) is 20.9. The number of hydrogen-bond donors (Lipinski definition) is 8. The molecule has 12 N–H and O–H groups in total. The maximum absolute atomic E-state index is 12.8. The van der Waals surface area contributed by atoms with E-state index in [0.29, 0.717) is 12.2 Å². The zero-order chi connectivity index (χ0) is 25.4. The molecule has 0 aromatic heterocycles. The summed E-state index contributed by atoms with van der Waals surface area (Å²) in [6.45, 7) is -0.141. The number of nitrogens with two attached hydrogens (primary N) is 4. The summed E-state index contributed by atoms with van der Waals surface area (Å²) < 4.78 is 0. The molecule has 0 aliphatic carbocycles. The number of carbonyl (C=O) groups excluding carboxylic acids is 4. The molecule has 0 aromatic carbocycles. The van der Waals surface area contributed by atoms with Crippen LogP contribution in [0.5, 0.6) is 0 Å². The minimum absolute atomic E-state index is 0.0800. The minimum Gasteiger partial charge on any atom is -0.480 e. The van der Waals surface area contributed by atoms with Crippen molar-refractivity contribution in [2.45, 2.75) is 50.2 Å². The Hall–Kier alpha value is -3.07. The molecule has 0 saturated heterocycles. The summed E-state index contributed by atoms with van der Waals surface area (Å²) in [4.78, 5) is 63.5. The number of guanidine groups is 1. The van der Waals surface area contributed by atoms with Gasteiger partial charge in [0.25, 0.3) is 0 Å². The lowest BCUT2D eigenvalue weighted by Crippen LogP contribution is -2.56. The zero-order valence-corrected chi connectivity index (χ0v) is 19.4. The fourth-order valence-electron chi connectivity index (χ4n) is 2.62. The zero-order valence-electron chi connectivity index (χ0n) is 18.5. The van der Waals surface area contributed by atoms with E-state index in [1.54, 1.807) is 0 Å². The van der Waals surface area contributed by atoms with Crippen LogP contribution in [0, 0.1) is 0 Å². The van der Waals surface area contributed by atoms with Gasteiger partial charge in [0.2, 0.25) is 23.6 Å². The van der Waals surface area contributed by atoms with Crippen LogP contribution in [0.25, 0.3) is 0 Å². The summed E-state index contributed by atoms with van der Waals surface area (Å²) >= 11 is 1.46. The predicted octanol–water partition coefficient (Wildman–Crippen LogP) is -3.44. The van der Waals surface area contributed by atoms with Crippen LogP contribution in [0.3, 0.4) is 0 Å². The lowest BCUT2D eigenvalue weighted by Gasteiger charge is -2.24. The van der Waals surface area contributed by atoms with E-state index in [1.165, 1.54) is 11.8 Å². The third-order valence-electron chi connectivity index (χ3n) is 4.32. The Kier molecular flexibility index (Phi) is 15.0. The first-order chi connectivity index (χ1) is 15.5. The number of amides is 4. The molecule has 33 heavy (non-hydrogen) atoms. The van der Waals surface area contributed by atoms with Gasteiger partial charge in [-0.3, -0.25) is 24.2 Å². The highest BCUT2D eigenvalue weighted by atomic mass is 32.2. The quantitative estimate of drug-likeness (QED) is 0.0568. The molecular weight excluding hydrogens is 456 g/mol. The summed E-state index contributed by atoms with van der Waals surface area (Å²) in [5.74, 6) is -3.61. The van der Waals surface area contributed by atoms with Crippen LogP contribution < -0.4 is 38.9 Å². The second-order valence-electron chi connectivity index (χ2n) is 7.02. The van der Waals surface area contributed by atoms with Gasteiger partial charge in [-0.25, -0.2) is 4.79 Å². The number of nitrogens with zero attached hydrogens (tertiary/aromatic N) is 1. The summed E-state index contributed by atoms with van der Waals surface area (Å²) in [7, 11) is 0. The fraction of sp³-hybridized carbons (Fsp3) is 0.667. The Labute approximate surface area is 196 Å². The Morgan fingerprint density at radius 3 is 1.97 bits per heavy atom. The van der Waals surface area contributed by atoms with E-state index >= 15 is 0 Å². The first-order valence-electron chi connectivity index (χ1n) is 10.2. The summed E-state index contributed by atoms with van der Waals surface area (Å²) in [6.07, 6.45) is 2.03. The van der Waals surface area contributed by atoms with E-state index < -0.39 is 47.7 Å². The van der Waals surface area contributed by atoms with E-state index in [2.05, 4.69) is 20.9 Å². The highest BCUT2D eigenvalue weighted by Crippen LogP contribution is 2.06. The van der Waals surface area contributed by atoms with Gasteiger partial charge in [-0.2, -0.15) is 11.8 Å². The predicted molar refractivity (Wildman–Crippen MR) is 124 cm³/mol. The number of carbonyl (C=O) groups is 5. The molecule has 0 rings (SSSR count). The number of nitrogens with one attached hydrogen (secondary N) is 3. The largest absolute Gasteiger partial charge is 0.480 e. The molecule has 14 nitrogen and oxygen atoms in total. The highest BCUT2D eigenvalue weighted by molar-refractivity contribution is 7.98. The Bertz CT molecular complexity index is 716. The summed E-state index contributed by atoms with van der Waals surface area (Å²) in [6, 6.07) is -3.47. The fourth-order valence-corrected chi connectivity index (χ4v) is 3.09. The topological polar surface area (TPSA) is 258 Å². The van der Waals surface area contributed by atoms with Gasteiger partial charge in [-0.1, -0.05) is 0 Å². The maximum atomic E-state index is 12.8. The van der Waals surface area contributed by atoms with E-state index in [0.717, 1.165) is 0 Å². The third kappa shape index (κ3) is 13.8. The van der Waals surface area contributed by atoms with Gasteiger partial charge in [-0.15, -0.1) is 0 Å². The van der Waals surface area contributed by atoms with Gasteiger partial charge in [0, 0.05) is 13.0 Å². The molecule has 0 bridgehead atoms. The van der Waals surface area contributed by atoms with Crippen molar-refractivity contribution in [3.8, 4) is 0 Å². The van der Waals surface area contributed by atoms with Gasteiger partial charge in [0.1, 0.15) is 18.1 Å². The van der Waals surface area contributed by atoms with E-state index in [9.17, 15) is 29.1 Å². The number of carboxylic acid groups (broad SMARTS) is 1. The van der Waals surface area contributed by atoms with Gasteiger partial charge in [-0.05, 0) is 37.7 Å². The van der Waals surface area contributed by atoms with Crippen LogP contribution in [0.15, 0.2) is 4.99 Å². The average Bonchev–Trinajstić information content (AvgIpc) is 2.74. The maximum Gasteiger partial charge on any atom is 0.326 e. The molecule has 0 aliphatic heterocycles. The Balaban J connectivity index is 5.45. The van der Waals surface area contributed by atoms with E-state index in [-0.39, 0.29) is 44.7 Å². The number of primary amides is 1. The molecule has 0 spiro atoms. The Morgan fingerprint density at radius 2 is 1.48 bits per heavy atom. The average molecular weight is 491 g/mol. The third-order valence-corrected chi connectivity index (χ3v) is 4.96. The molecule has 3 unspecified atom stereocenters. The van der Waals surface area contributed by atoms with Crippen molar-refractivity contribution in [2.75, 3.05) is 25.1 Å². The monoisotopic (exact) mass is 490 g/mol. The van der Waals surface area contributed by atoms with Crippen molar-refractivity contribution in [3.05, 3.63) is 0 Å². The first-order valence-corrected chi connectivity index (χ1v) is 11.6. The summed E-state index contributed by atoms with van der Waals surface area (Å²) in [5, 5.41) is 16.7. The van der Waals surface area contributed by atoms with Gasteiger partial charge in [0.15, 0.2) is 5.96 Å². The van der Waals surface area contributed by atoms with E-state index in [1.807, 2.05) is 6.26 Å². The van der Waals surface area contributed by atoms with Crippen LogP contribution in [-0.4, -0.2) is 83.9 Å². The second-order valence-corrected chi connectivity index (χ2v) is 8.01. The molecule has 188 valence electrons. The van der Waals surface area contributed by atoms with Crippen molar-refractivity contribution in [1.29, 1.82) is 0 Å². The van der Waals surface area contributed by atoms with Crippen LogP contribution in [0.4, 0.5) is 0 Å². The first kappa shape index (κ1) is 29.9. The number of carboxylic acids is 1.